The van der Waals surface area contributed by atoms with Crippen LogP contribution in [0.25, 0.3) is 0 Å². The van der Waals surface area contributed by atoms with Crippen LogP contribution in [0.1, 0.15) is 15.9 Å². The summed E-state index contributed by atoms with van der Waals surface area (Å²) in [6.45, 7) is -0.546. The molecule has 0 radical (unpaired) electrons. The number of hydrogen-bond acceptors (Lipinski definition) is 5. The number of halogens is 1. The average Bonchev–Trinajstić information content (AvgIpc) is 2.53. The van der Waals surface area contributed by atoms with Gasteiger partial charge in [0.1, 0.15) is 5.75 Å². The maximum Gasteiger partial charge on any atom is 0.341 e. The van der Waals surface area contributed by atoms with Gasteiger partial charge >= 0.3 is 5.97 Å². The second kappa shape index (κ2) is 6.89. The van der Waals surface area contributed by atoms with Crippen LogP contribution in [0.2, 0.25) is 5.02 Å². The Kier molecular flexibility index (Phi) is 4.92. The van der Waals surface area contributed by atoms with E-state index in [-0.39, 0.29) is 33.4 Å². The number of aliphatic carboxylic acids is 1. The molecule has 1 N–H and O–H groups in total. The third kappa shape index (κ3) is 4.04. The molecule has 0 fully saturated rings. The van der Waals surface area contributed by atoms with E-state index in [0.29, 0.717) is 0 Å². The van der Waals surface area contributed by atoms with Crippen LogP contribution >= 0.6 is 11.6 Å². The molecule has 0 aliphatic heterocycles. The minimum atomic E-state index is -1.15. The molecule has 0 spiro atoms. The van der Waals surface area contributed by atoms with Crippen LogP contribution in [0.15, 0.2) is 42.5 Å². The molecule has 2 aromatic rings. The fourth-order valence-corrected chi connectivity index (χ4v) is 2.03. The minimum absolute atomic E-state index is 0.0963. The van der Waals surface area contributed by atoms with Crippen molar-refractivity contribution in [2.24, 2.45) is 0 Å². The van der Waals surface area contributed by atoms with E-state index >= 15 is 0 Å². The second-order valence-corrected chi connectivity index (χ2v) is 4.87. The van der Waals surface area contributed by atoms with Crippen LogP contribution in [-0.4, -0.2) is 28.4 Å². The number of rotatable bonds is 6. The van der Waals surface area contributed by atoms with Crippen LogP contribution in [0.4, 0.5) is 5.69 Å². The summed E-state index contributed by atoms with van der Waals surface area (Å²) in [5, 5.41) is 19.2. The Morgan fingerprint density at radius 2 is 1.74 bits per heavy atom. The fourth-order valence-electron chi connectivity index (χ4n) is 1.80. The maximum atomic E-state index is 12.3. The monoisotopic (exact) mass is 335 g/mol. The molecule has 0 amide bonds. The predicted molar refractivity (Wildman–Crippen MR) is 81.1 cm³/mol. The van der Waals surface area contributed by atoms with E-state index in [1.54, 1.807) is 0 Å². The summed E-state index contributed by atoms with van der Waals surface area (Å²) in [4.78, 5) is 32.8. The number of nitro groups is 1. The summed E-state index contributed by atoms with van der Waals surface area (Å²) in [6, 6.07) is 9.35. The molecule has 118 valence electrons. The summed E-state index contributed by atoms with van der Waals surface area (Å²) < 4.78 is 4.96. The minimum Gasteiger partial charge on any atom is -0.480 e. The van der Waals surface area contributed by atoms with Gasteiger partial charge in [-0.25, -0.2) is 4.79 Å². The van der Waals surface area contributed by atoms with Gasteiger partial charge in [0, 0.05) is 23.3 Å². The first-order chi connectivity index (χ1) is 10.9. The molecule has 0 aromatic heterocycles. The molecule has 2 aromatic carbocycles. The highest BCUT2D eigenvalue weighted by atomic mass is 35.5. The first kappa shape index (κ1) is 16.4. The molecule has 7 nitrogen and oxygen atoms in total. The van der Waals surface area contributed by atoms with Gasteiger partial charge in [-0.1, -0.05) is 11.6 Å². The quantitative estimate of drug-likeness (QED) is 0.494. The fraction of sp³-hybridized carbons (Fsp3) is 0.0667. The molecule has 2 rings (SSSR count). The Labute approximate surface area is 135 Å². The van der Waals surface area contributed by atoms with Crippen molar-refractivity contribution in [1.29, 1.82) is 0 Å². The molecule has 0 atom stereocenters. The van der Waals surface area contributed by atoms with Crippen molar-refractivity contribution < 1.29 is 24.4 Å². The van der Waals surface area contributed by atoms with Gasteiger partial charge < -0.3 is 9.84 Å². The van der Waals surface area contributed by atoms with Gasteiger partial charge in [0.05, 0.1) is 9.95 Å². The highest BCUT2D eigenvalue weighted by Gasteiger charge is 2.14. The highest BCUT2D eigenvalue weighted by molar-refractivity contribution is 6.32. The number of nitro benzene ring substituents is 1. The predicted octanol–water partition coefficient (Wildman–Crippen LogP) is 2.94. The van der Waals surface area contributed by atoms with Crippen molar-refractivity contribution in [3.63, 3.8) is 0 Å². The summed E-state index contributed by atoms with van der Waals surface area (Å²) in [5.41, 5.74) is 0.411. The van der Waals surface area contributed by atoms with E-state index in [2.05, 4.69) is 0 Å². The van der Waals surface area contributed by atoms with Gasteiger partial charge in [0.15, 0.2) is 12.4 Å². The molecule has 0 unspecified atom stereocenters. The van der Waals surface area contributed by atoms with Crippen molar-refractivity contribution in [3.05, 3.63) is 68.7 Å². The number of carbonyl (C=O) groups excluding carboxylic acids is 1. The summed E-state index contributed by atoms with van der Waals surface area (Å²) in [7, 11) is 0. The van der Waals surface area contributed by atoms with Crippen LogP contribution < -0.4 is 4.74 Å². The standard InChI is InChI=1S/C15H10ClNO6/c16-12-7-10(3-6-13(12)23-8-14(18)19)15(20)9-1-4-11(5-2-9)17(21)22/h1-7H,8H2,(H,18,19). The molecule has 0 aliphatic rings. The lowest BCUT2D eigenvalue weighted by atomic mass is 10.0. The summed E-state index contributed by atoms with van der Waals surface area (Å²) in [5.74, 6) is -1.37. The summed E-state index contributed by atoms with van der Waals surface area (Å²) >= 11 is 5.95. The smallest absolute Gasteiger partial charge is 0.341 e. The Morgan fingerprint density at radius 1 is 1.13 bits per heavy atom. The Balaban J connectivity index is 2.20. The summed E-state index contributed by atoms with van der Waals surface area (Å²) in [6.07, 6.45) is 0. The average molecular weight is 336 g/mol. The molecule has 0 bridgehead atoms. The number of nitrogens with zero attached hydrogens (tertiary/aromatic N) is 1. The largest absolute Gasteiger partial charge is 0.480 e. The number of benzene rings is 2. The van der Waals surface area contributed by atoms with Gasteiger partial charge in [0.25, 0.3) is 5.69 Å². The van der Waals surface area contributed by atoms with Crippen molar-refractivity contribution in [2.75, 3.05) is 6.61 Å². The molecule has 0 aliphatic carbocycles. The van der Waals surface area contributed by atoms with Crippen LogP contribution in [0.3, 0.4) is 0 Å². The normalized spacial score (nSPS) is 10.1. The SMILES string of the molecule is O=C(O)COc1ccc(C(=O)c2ccc([N+](=O)[O-])cc2)cc1Cl. The molecular formula is C15H10ClNO6. The van der Waals surface area contributed by atoms with E-state index < -0.39 is 17.5 Å². The lowest BCUT2D eigenvalue weighted by molar-refractivity contribution is -0.384. The number of non-ortho nitro benzene ring substituents is 1. The van der Waals surface area contributed by atoms with Gasteiger partial charge in [-0.2, -0.15) is 0 Å². The third-order valence-electron chi connectivity index (χ3n) is 2.89. The van der Waals surface area contributed by atoms with E-state index in [1.165, 1.54) is 42.5 Å². The number of hydrogen-bond donors (Lipinski definition) is 1. The van der Waals surface area contributed by atoms with E-state index in [0.717, 1.165) is 0 Å². The Hall–Kier alpha value is -2.93. The highest BCUT2D eigenvalue weighted by Crippen LogP contribution is 2.26. The molecule has 0 heterocycles. The number of ketones is 1. The zero-order valence-corrected chi connectivity index (χ0v) is 12.3. The van der Waals surface area contributed by atoms with Gasteiger partial charge in [-0.05, 0) is 30.3 Å². The Bertz CT molecular complexity index is 772. The number of carboxylic acid groups (broad SMARTS) is 1. The third-order valence-corrected chi connectivity index (χ3v) is 3.18. The van der Waals surface area contributed by atoms with Gasteiger partial charge in [0.2, 0.25) is 0 Å². The molecule has 0 saturated heterocycles. The van der Waals surface area contributed by atoms with Crippen LogP contribution in [0, 0.1) is 10.1 Å². The molecule has 8 heteroatoms. The molecule has 0 saturated carbocycles. The lowest BCUT2D eigenvalue weighted by Crippen LogP contribution is -2.10. The number of carbonyl (C=O) groups is 2. The first-order valence-corrected chi connectivity index (χ1v) is 6.69. The number of carboxylic acids is 1. The Morgan fingerprint density at radius 3 is 2.26 bits per heavy atom. The van der Waals surface area contributed by atoms with Crippen LogP contribution in [-0.2, 0) is 4.79 Å². The topological polar surface area (TPSA) is 107 Å². The van der Waals surface area contributed by atoms with Crippen molar-refractivity contribution >= 4 is 29.0 Å². The second-order valence-electron chi connectivity index (χ2n) is 4.46. The molecule has 23 heavy (non-hydrogen) atoms. The number of ether oxygens (including phenoxy) is 1. The van der Waals surface area contributed by atoms with Crippen molar-refractivity contribution in [1.82, 2.24) is 0 Å². The van der Waals surface area contributed by atoms with Crippen molar-refractivity contribution in [3.8, 4) is 5.75 Å². The van der Waals surface area contributed by atoms with Gasteiger partial charge in [-0.3, -0.25) is 14.9 Å². The van der Waals surface area contributed by atoms with Crippen LogP contribution in [0.5, 0.6) is 5.75 Å². The zero-order valence-electron chi connectivity index (χ0n) is 11.6. The maximum absolute atomic E-state index is 12.3. The van der Waals surface area contributed by atoms with E-state index in [4.69, 9.17) is 21.4 Å². The zero-order chi connectivity index (χ0) is 17.0. The van der Waals surface area contributed by atoms with E-state index in [1.807, 2.05) is 0 Å². The van der Waals surface area contributed by atoms with E-state index in [9.17, 15) is 19.7 Å². The molecular weight excluding hydrogens is 326 g/mol. The lowest BCUT2D eigenvalue weighted by Gasteiger charge is -2.07. The van der Waals surface area contributed by atoms with Gasteiger partial charge in [-0.15, -0.1) is 0 Å². The first-order valence-electron chi connectivity index (χ1n) is 6.32. The van der Waals surface area contributed by atoms with Crippen molar-refractivity contribution in [2.45, 2.75) is 0 Å².